The zero-order valence-corrected chi connectivity index (χ0v) is 12.4. The number of carbonyl (C=O) groups excluding carboxylic acids is 1. The standard InChI is InChI=1S/C16H21N3O/c1-16(11-17)8-5-9-19(12-16)15(20)13-6-4-7-14(10-13)18(2)3/h4,6-7,10H,5,8-9,12H2,1-3H3/t16-/m1/s1. The van der Waals surface area contributed by atoms with Crippen molar-refractivity contribution in [3.05, 3.63) is 29.8 Å². The molecule has 1 fully saturated rings. The molecule has 0 bridgehead atoms. The third kappa shape index (κ3) is 2.93. The lowest BCUT2D eigenvalue weighted by atomic mass is 9.83. The Bertz CT molecular complexity index is 547. The van der Waals surface area contributed by atoms with E-state index in [2.05, 4.69) is 6.07 Å². The Morgan fingerprint density at radius 1 is 1.45 bits per heavy atom. The number of likely N-dealkylation sites (tertiary alicyclic amines) is 1. The maximum Gasteiger partial charge on any atom is 0.253 e. The highest BCUT2D eigenvalue weighted by Crippen LogP contribution is 2.29. The van der Waals surface area contributed by atoms with Crippen LogP contribution < -0.4 is 4.90 Å². The molecule has 1 aliphatic heterocycles. The van der Waals surface area contributed by atoms with Gasteiger partial charge in [-0.15, -0.1) is 0 Å². The number of nitrogens with zero attached hydrogens (tertiary/aromatic N) is 3. The first-order valence-corrected chi connectivity index (χ1v) is 6.93. The molecule has 106 valence electrons. The minimum Gasteiger partial charge on any atom is -0.378 e. The fourth-order valence-electron chi connectivity index (χ4n) is 2.60. The van der Waals surface area contributed by atoms with Gasteiger partial charge in [-0.1, -0.05) is 6.07 Å². The second kappa shape index (κ2) is 5.54. The van der Waals surface area contributed by atoms with Crippen LogP contribution in [0.4, 0.5) is 5.69 Å². The van der Waals surface area contributed by atoms with Gasteiger partial charge in [0.05, 0.1) is 11.5 Å². The summed E-state index contributed by atoms with van der Waals surface area (Å²) in [5.74, 6) is 0.0230. The van der Waals surface area contributed by atoms with Crippen LogP contribution in [-0.4, -0.2) is 38.0 Å². The number of carbonyl (C=O) groups is 1. The zero-order chi connectivity index (χ0) is 14.8. The molecule has 4 nitrogen and oxygen atoms in total. The van der Waals surface area contributed by atoms with Gasteiger partial charge in [0.25, 0.3) is 5.91 Å². The molecule has 1 amide bonds. The van der Waals surface area contributed by atoms with Crippen LogP contribution in [0.25, 0.3) is 0 Å². The number of benzene rings is 1. The molecule has 20 heavy (non-hydrogen) atoms. The van der Waals surface area contributed by atoms with Crippen molar-refractivity contribution in [2.75, 3.05) is 32.1 Å². The number of hydrogen-bond donors (Lipinski definition) is 0. The minimum atomic E-state index is -0.410. The monoisotopic (exact) mass is 271 g/mol. The van der Waals surface area contributed by atoms with Gasteiger partial charge in [-0.2, -0.15) is 5.26 Å². The third-order valence-electron chi connectivity index (χ3n) is 3.86. The lowest BCUT2D eigenvalue weighted by molar-refractivity contribution is 0.0630. The summed E-state index contributed by atoms with van der Waals surface area (Å²) in [6, 6.07) is 9.97. The van der Waals surface area contributed by atoms with Crippen LogP contribution in [0.5, 0.6) is 0 Å². The number of amides is 1. The van der Waals surface area contributed by atoms with Gasteiger partial charge in [0.2, 0.25) is 0 Å². The molecule has 4 heteroatoms. The molecule has 1 saturated heterocycles. The summed E-state index contributed by atoms with van der Waals surface area (Å²) in [6.45, 7) is 3.19. The average molecular weight is 271 g/mol. The summed E-state index contributed by atoms with van der Waals surface area (Å²) in [5, 5.41) is 9.24. The molecule has 2 rings (SSSR count). The van der Waals surface area contributed by atoms with E-state index in [4.69, 9.17) is 0 Å². The van der Waals surface area contributed by atoms with Crippen molar-refractivity contribution in [3.8, 4) is 6.07 Å². The number of anilines is 1. The second-order valence-electron chi connectivity index (χ2n) is 5.95. The van der Waals surface area contributed by atoms with Crippen LogP contribution in [0, 0.1) is 16.7 Å². The van der Waals surface area contributed by atoms with E-state index >= 15 is 0 Å². The van der Waals surface area contributed by atoms with Crippen molar-refractivity contribution in [1.29, 1.82) is 5.26 Å². The quantitative estimate of drug-likeness (QED) is 0.830. The van der Waals surface area contributed by atoms with Crippen molar-refractivity contribution >= 4 is 11.6 Å². The molecule has 0 aliphatic carbocycles. The summed E-state index contributed by atoms with van der Waals surface area (Å²) in [6.07, 6.45) is 1.76. The van der Waals surface area contributed by atoms with Crippen LogP contribution in [-0.2, 0) is 0 Å². The largest absolute Gasteiger partial charge is 0.378 e. The molecule has 0 saturated carbocycles. The molecular formula is C16H21N3O. The smallest absolute Gasteiger partial charge is 0.253 e. The van der Waals surface area contributed by atoms with E-state index in [0.29, 0.717) is 12.1 Å². The zero-order valence-electron chi connectivity index (χ0n) is 12.4. The van der Waals surface area contributed by atoms with E-state index in [1.807, 2.05) is 55.1 Å². The van der Waals surface area contributed by atoms with Gasteiger partial charge >= 0.3 is 0 Å². The Kier molecular flexibility index (Phi) is 3.99. The highest BCUT2D eigenvalue weighted by Gasteiger charge is 2.33. The molecule has 1 heterocycles. The Hall–Kier alpha value is -2.02. The molecule has 0 unspecified atom stereocenters. The van der Waals surface area contributed by atoms with E-state index in [1.54, 1.807) is 0 Å². The summed E-state index contributed by atoms with van der Waals surface area (Å²) in [5.41, 5.74) is 1.29. The highest BCUT2D eigenvalue weighted by atomic mass is 16.2. The molecule has 1 aliphatic rings. The summed E-state index contributed by atoms with van der Waals surface area (Å²) < 4.78 is 0. The van der Waals surface area contributed by atoms with Gasteiger partial charge in [-0.3, -0.25) is 4.79 Å². The summed E-state index contributed by atoms with van der Waals surface area (Å²) in [4.78, 5) is 16.4. The van der Waals surface area contributed by atoms with Gasteiger partial charge < -0.3 is 9.80 Å². The van der Waals surface area contributed by atoms with Crippen molar-refractivity contribution in [1.82, 2.24) is 4.90 Å². The Morgan fingerprint density at radius 2 is 2.20 bits per heavy atom. The first-order valence-electron chi connectivity index (χ1n) is 6.93. The van der Waals surface area contributed by atoms with E-state index in [0.717, 1.165) is 25.1 Å². The molecule has 0 N–H and O–H groups in total. The predicted molar refractivity (Wildman–Crippen MR) is 79.6 cm³/mol. The van der Waals surface area contributed by atoms with Crippen LogP contribution in [0.3, 0.4) is 0 Å². The highest BCUT2D eigenvalue weighted by molar-refractivity contribution is 5.95. The van der Waals surface area contributed by atoms with Gasteiger partial charge in [0.15, 0.2) is 0 Å². The van der Waals surface area contributed by atoms with Crippen LogP contribution in [0.1, 0.15) is 30.1 Å². The maximum atomic E-state index is 12.6. The van der Waals surface area contributed by atoms with E-state index in [-0.39, 0.29) is 5.91 Å². The lowest BCUT2D eigenvalue weighted by Gasteiger charge is -2.36. The topological polar surface area (TPSA) is 47.3 Å². The molecule has 0 aromatic heterocycles. The third-order valence-corrected chi connectivity index (χ3v) is 3.86. The number of piperidine rings is 1. The van der Waals surface area contributed by atoms with E-state index in [1.165, 1.54) is 0 Å². The molecule has 0 radical (unpaired) electrons. The predicted octanol–water partition coefficient (Wildman–Crippen LogP) is 2.52. The second-order valence-corrected chi connectivity index (χ2v) is 5.95. The SMILES string of the molecule is CN(C)c1cccc(C(=O)N2CCC[C@](C)(C#N)C2)c1. The fraction of sp³-hybridized carbons (Fsp3) is 0.500. The fourth-order valence-corrected chi connectivity index (χ4v) is 2.60. The molecule has 1 aromatic carbocycles. The Morgan fingerprint density at radius 3 is 2.85 bits per heavy atom. The van der Waals surface area contributed by atoms with Gasteiger partial charge in [0.1, 0.15) is 0 Å². The normalized spacial score (nSPS) is 22.2. The van der Waals surface area contributed by atoms with Gasteiger partial charge in [-0.25, -0.2) is 0 Å². The van der Waals surface area contributed by atoms with E-state index in [9.17, 15) is 10.1 Å². The average Bonchev–Trinajstić information content (AvgIpc) is 2.46. The van der Waals surface area contributed by atoms with Gasteiger partial charge in [-0.05, 0) is 38.0 Å². The van der Waals surface area contributed by atoms with Crippen molar-refractivity contribution < 1.29 is 4.79 Å². The van der Waals surface area contributed by atoms with Crippen LogP contribution in [0.15, 0.2) is 24.3 Å². The van der Waals surface area contributed by atoms with Crippen LogP contribution in [0.2, 0.25) is 0 Å². The Balaban J connectivity index is 2.19. The van der Waals surface area contributed by atoms with Crippen molar-refractivity contribution in [3.63, 3.8) is 0 Å². The number of nitriles is 1. The molecule has 1 atom stereocenters. The van der Waals surface area contributed by atoms with E-state index < -0.39 is 5.41 Å². The molecule has 0 spiro atoms. The number of hydrogen-bond acceptors (Lipinski definition) is 3. The first-order chi connectivity index (χ1) is 9.45. The number of rotatable bonds is 2. The first kappa shape index (κ1) is 14.4. The summed E-state index contributed by atoms with van der Waals surface area (Å²) >= 11 is 0. The minimum absolute atomic E-state index is 0.0230. The van der Waals surface area contributed by atoms with Crippen molar-refractivity contribution in [2.24, 2.45) is 5.41 Å². The summed E-state index contributed by atoms with van der Waals surface area (Å²) in [7, 11) is 3.91. The maximum absolute atomic E-state index is 12.6. The molecule has 1 aromatic rings. The lowest BCUT2D eigenvalue weighted by Crippen LogP contribution is -2.44. The van der Waals surface area contributed by atoms with Crippen LogP contribution >= 0.6 is 0 Å². The Labute approximate surface area is 120 Å². The van der Waals surface area contributed by atoms with Gasteiger partial charge in [0, 0.05) is 38.4 Å². The van der Waals surface area contributed by atoms with Crippen molar-refractivity contribution in [2.45, 2.75) is 19.8 Å². The molecular weight excluding hydrogens is 250 g/mol.